The number of hydrogen-bond acceptors (Lipinski definition) is 3. The Morgan fingerprint density at radius 1 is 1.10 bits per heavy atom. The van der Waals surface area contributed by atoms with E-state index in [2.05, 4.69) is 15.5 Å². The summed E-state index contributed by atoms with van der Waals surface area (Å²) in [6.07, 6.45) is 5.59. The largest absolute Gasteiger partial charge is 0.355 e. The van der Waals surface area contributed by atoms with Crippen molar-refractivity contribution in [1.82, 2.24) is 15.5 Å². The molecule has 2 aromatic rings. The van der Waals surface area contributed by atoms with Crippen LogP contribution in [0.1, 0.15) is 40.4 Å². The van der Waals surface area contributed by atoms with E-state index in [9.17, 15) is 9.59 Å². The van der Waals surface area contributed by atoms with Crippen LogP contribution in [0.3, 0.4) is 0 Å². The van der Waals surface area contributed by atoms with Crippen molar-refractivity contribution in [3.8, 4) is 0 Å². The minimum atomic E-state index is -0.156. The van der Waals surface area contributed by atoms with E-state index in [-0.39, 0.29) is 17.9 Å². The van der Waals surface area contributed by atoms with Gasteiger partial charge in [0.05, 0.1) is 6.04 Å². The zero-order chi connectivity index (χ0) is 20.6. The Bertz CT molecular complexity index is 874. The van der Waals surface area contributed by atoms with E-state index in [0.717, 1.165) is 29.2 Å². The zero-order valence-electron chi connectivity index (χ0n) is 16.5. The number of nitrogens with zero attached hydrogens (tertiary/aromatic N) is 1. The lowest BCUT2D eigenvalue weighted by Crippen LogP contribution is -2.36. The molecule has 2 amide bonds. The Morgan fingerprint density at radius 2 is 1.79 bits per heavy atom. The van der Waals surface area contributed by atoms with E-state index in [1.807, 2.05) is 36.4 Å². The molecule has 3 rings (SSSR count). The maximum atomic E-state index is 12.4. The number of carbonyl (C=O) groups excluding carboxylic acids is 2. The van der Waals surface area contributed by atoms with Crippen molar-refractivity contribution >= 4 is 29.5 Å². The van der Waals surface area contributed by atoms with Crippen molar-refractivity contribution in [1.29, 1.82) is 0 Å². The summed E-state index contributed by atoms with van der Waals surface area (Å²) in [6, 6.07) is 15.0. The summed E-state index contributed by atoms with van der Waals surface area (Å²) in [6.45, 7) is 2.53. The number of hydrogen-bond donors (Lipinski definition) is 2. The Morgan fingerprint density at radius 3 is 2.45 bits per heavy atom. The molecule has 1 atom stereocenters. The van der Waals surface area contributed by atoms with Gasteiger partial charge < -0.3 is 10.6 Å². The maximum Gasteiger partial charge on any atom is 0.251 e. The topological polar surface area (TPSA) is 61.4 Å². The summed E-state index contributed by atoms with van der Waals surface area (Å²) in [7, 11) is 1.60. The van der Waals surface area contributed by atoms with Gasteiger partial charge >= 0.3 is 0 Å². The monoisotopic (exact) mass is 411 g/mol. The molecule has 0 spiro atoms. The SMILES string of the molecule is CNC(=O)c1ccc(/C=C/C(=O)NC[C@@H](c2ccccc2Cl)N2CCCC2)cc1. The van der Waals surface area contributed by atoms with Gasteiger partial charge in [0.25, 0.3) is 5.91 Å². The molecule has 0 bridgehead atoms. The molecule has 1 aliphatic heterocycles. The fraction of sp³-hybridized carbons (Fsp3) is 0.304. The van der Waals surface area contributed by atoms with Crippen LogP contribution in [0.4, 0.5) is 0 Å². The van der Waals surface area contributed by atoms with Crippen LogP contribution in [0.2, 0.25) is 5.02 Å². The van der Waals surface area contributed by atoms with E-state index < -0.39 is 0 Å². The van der Waals surface area contributed by atoms with Crippen molar-refractivity contribution in [2.75, 3.05) is 26.7 Å². The van der Waals surface area contributed by atoms with Gasteiger partial charge in [-0.2, -0.15) is 0 Å². The average Bonchev–Trinajstić information content (AvgIpc) is 3.28. The molecule has 1 saturated heterocycles. The molecule has 2 aromatic carbocycles. The number of benzene rings is 2. The van der Waals surface area contributed by atoms with Gasteiger partial charge in [-0.15, -0.1) is 0 Å². The number of likely N-dealkylation sites (tertiary alicyclic amines) is 1. The van der Waals surface area contributed by atoms with Crippen LogP contribution >= 0.6 is 11.6 Å². The maximum absolute atomic E-state index is 12.4. The molecule has 152 valence electrons. The molecule has 2 N–H and O–H groups in total. The van der Waals surface area contributed by atoms with Gasteiger partial charge in [-0.25, -0.2) is 0 Å². The predicted octanol–water partition coefficient (Wildman–Crippen LogP) is 3.67. The second-order valence-electron chi connectivity index (χ2n) is 7.06. The first kappa shape index (κ1) is 21.1. The lowest BCUT2D eigenvalue weighted by atomic mass is 10.1. The summed E-state index contributed by atoms with van der Waals surface area (Å²) in [4.78, 5) is 26.3. The van der Waals surface area contributed by atoms with Crippen LogP contribution in [-0.2, 0) is 4.79 Å². The fourth-order valence-electron chi connectivity index (χ4n) is 3.55. The minimum Gasteiger partial charge on any atom is -0.355 e. The van der Waals surface area contributed by atoms with Crippen LogP contribution in [0, 0.1) is 0 Å². The molecule has 1 fully saturated rings. The summed E-state index contributed by atoms with van der Waals surface area (Å²) < 4.78 is 0. The van der Waals surface area contributed by atoms with E-state index in [4.69, 9.17) is 11.6 Å². The van der Waals surface area contributed by atoms with E-state index in [1.54, 1.807) is 25.3 Å². The molecule has 0 aromatic heterocycles. The van der Waals surface area contributed by atoms with E-state index in [1.165, 1.54) is 18.9 Å². The van der Waals surface area contributed by atoms with Gasteiger partial charge in [0, 0.05) is 30.3 Å². The molecule has 6 heteroatoms. The molecule has 29 heavy (non-hydrogen) atoms. The smallest absolute Gasteiger partial charge is 0.251 e. The highest BCUT2D eigenvalue weighted by atomic mass is 35.5. The van der Waals surface area contributed by atoms with Gasteiger partial charge in [0.1, 0.15) is 0 Å². The average molecular weight is 412 g/mol. The third-order valence-corrected chi connectivity index (χ3v) is 5.49. The van der Waals surface area contributed by atoms with Crippen LogP contribution in [0.15, 0.2) is 54.6 Å². The standard InChI is InChI=1S/C23H26ClN3O2/c1-25-23(29)18-11-8-17(9-12-18)10-13-22(28)26-16-21(27-14-4-5-15-27)19-6-2-3-7-20(19)24/h2-3,6-13,21H,4-5,14-16H2,1H3,(H,25,29)(H,26,28)/b13-10+/t21-/m0/s1. The van der Waals surface area contributed by atoms with Crippen LogP contribution in [0.25, 0.3) is 6.08 Å². The van der Waals surface area contributed by atoms with Gasteiger partial charge in [-0.1, -0.05) is 41.9 Å². The van der Waals surface area contributed by atoms with E-state index in [0.29, 0.717) is 12.1 Å². The first-order valence-electron chi connectivity index (χ1n) is 9.85. The highest BCUT2D eigenvalue weighted by molar-refractivity contribution is 6.31. The number of halogens is 1. The second kappa shape index (κ2) is 10.2. The highest BCUT2D eigenvalue weighted by Gasteiger charge is 2.25. The van der Waals surface area contributed by atoms with Crippen LogP contribution in [0.5, 0.6) is 0 Å². The molecule has 1 heterocycles. The number of amides is 2. The van der Waals surface area contributed by atoms with Gasteiger partial charge in [-0.05, 0) is 61.3 Å². The molecule has 0 radical (unpaired) electrons. The Balaban J connectivity index is 1.62. The molecule has 0 aliphatic carbocycles. The van der Waals surface area contributed by atoms with Crippen LogP contribution < -0.4 is 10.6 Å². The van der Waals surface area contributed by atoms with Crippen molar-refractivity contribution in [2.45, 2.75) is 18.9 Å². The van der Waals surface area contributed by atoms with Gasteiger partial charge in [0.2, 0.25) is 5.91 Å². The van der Waals surface area contributed by atoms with Crippen molar-refractivity contribution in [3.63, 3.8) is 0 Å². The first-order chi connectivity index (χ1) is 14.1. The third kappa shape index (κ3) is 5.68. The van der Waals surface area contributed by atoms with Gasteiger partial charge in [0.15, 0.2) is 0 Å². The number of rotatable bonds is 7. The van der Waals surface area contributed by atoms with Crippen molar-refractivity contribution < 1.29 is 9.59 Å². The molecular formula is C23H26ClN3O2. The van der Waals surface area contributed by atoms with Crippen LogP contribution in [-0.4, -0.2) is 43.4 Å². The first-order valence-corrected chi connectivity index (χ1v) is 10.2. The minimum absolute atomic E-state index is 0.0652. The Hall–Kier alpha value is -2.63. The molecular weight excluding hydrogens is 386 g/mol. The van der Waals surface area contributed by atoms with Gasteiger partial charge in [-0.3, -0.25) is 14.5 Å². The Kier molecular flexibility index (Phi) is 7.44. The fourth-order valence-corrected chi connectivity index (χ4v) is 3.81. The highest BCUT2D eigenvalue weighted by Crippen LogP contribution is 2.29. The summed E-state index contributed by atoms with van der Waals surface area (Å²) in [5.74, 6) is -0.289. The number of nitrogens with one attached hydrogen (secondary N) is 2. The molecule has 0 saturated carbocycles. The summed E-state index contributed by atoms with van der Waals surface area (Å²) >= 11 is 6.42. The normalized spacial score (nSPS) is 15.4. The van der Waals surface area contributed by atoms with Crippen molar-refractivity contribution in [2.24, 2.45) is 0 Å². The summed E-state index contributed by atoms with van der Waals surface area (Å²) in [5.41, 5.74) is 2.49. The summed E-state index contributed by atoms with van der Waals surface area (Å²) in [5, 5.41) is 6.32. The predicted molar refractivity (Wildman–Crippen MR) is 117 cm³/mol. The second-order valence-corrected chi connectivity index (χ2v) is 7.47. The molecule has 5 nitrogen and oxygen atoms in total. The lowest BCUT2D eigenvalue weighted by molar-refractivity contribution is -0.116. The van der Waals surface area contributed by atoms with E-state index >= 15 is 0 Å². The molecule has 1 aliphatic rings. The lowest BCUT2D eigenvalue weighted by Gasteiger charge is -2.28. The third-order valence-electron chi connectivity index (χ3n) is 5.14. The Labute approximate surface area is 176 Å². The molecule has 0 unspecified atom stereocenters. The quantitative estimate of drug-likeness (QED) is 0.683. The number of carbonyl (C=O) groups is 2. The zero-order valence-corrected chi connectivity index (χ0v) is 17.3. The van der Waals surface area contributed by atoms with Crippen molar-refractivity contribution in [3.05, 3.63) is 76.3 Å².